The molecule has 0 radical (unpaired) electrons. The van der Waals surface area contributed by atoms with E-state index in [0.29, 0.717) is 12.1 Å². The minimum Gasteiger partial charge on any atom is -0.331 e. The highest BCUT2D eigenvalue weighted by Gasteiger charge is 2.00. The zero-order chi connectivity index (χ0) is 10.4. The van der Waals surface area contributed by atoms with Crippen LogP contribution in [0.15, 0.2) is 42.6 Å². The average molecular weight is 189 g/mol. The summed E-state index contributed by atoms with van der Waals surface area (Å²) in [6, 6.07) is 9.97. The third kappa shape index (κ3) is 3.90. The molecular weight excluding hydrogens is 174 g/mol. The maximum Gasteiger partial charge on any atom is 0.224 e. The number of rotatable bonds is 4. The van der Waals surface area contributed by atoms with Crippen LogP contribution in [0.25, 0.3) is 0 Å². The second-order valence-electron chi connectivity index (χ2n) is 3.31. The maximum absolute atomic E-state index is 11.3. The molecule has 0 fully saturated rings. The van der Waals surface area contributed by atoms with Gasteiger partial charge >= 0.3 is 0 Å². The third-order valence-electron chi connectivity index (χ3n) is 1.84. The van der Waals surface area contributed by atoms with E-state index in [1.54, 1.807) is 6.92 Å². The molecular formula is C12H15NO. The Bertz CT molecular complexity index is 316. The topological polar surface area (TPSA) is 29.1 Å². The van der Waals surface area contributed by atoms with Crippen LogP contribution in [0, 0.1) is 0 Å². The fourth-order valence-electron chi connectivity index (χ4n) is 1.20. The van der Waals surface area contributed by atoms with Gasteiger partial charge in [-0.2, -0.15) is 0 Å². The van der Waals surface area contributed by atoms with Crippen molar-refractivity contribution >= 4 is 5.91 Å². The van der Waals surface area contributed by atoms with Crippen LogP contribution < -0.4 is 5.32 Å². The van der Waals surface area contributed by atoms with Gasteiger partial charge in [-0.05, 0) is 18.9 Å². The first kappa shape index (κ1) is 10.5. The monoisotopic (exact) mass is 189 g/mol. The van der Waals surface area contributed by atoms with Gasteiger partial charge in [0.1, 0.15) is 0 Å². The van der Waals surface area contributed by atoms with E-state index < -0.39 is 0 Å². The lowest BCUT2D eigenvalue weighted by molar-refractivity contribution is -0.120. The number of hydrogen-bond acceptors (Lipinski definition) is 1. The lowest BCUT2D eigenvalue weighted by atomic mass is 10.1. The standard InChI is InChI=1S/C12H15NO/c1-10(2)13-12(14)9-8-11-6-4-3-5-7-11/h3-7H,1,8-9H2,2H3,(H,13,14). The molecule has 0 aliphatic rings. The second kappa shape index (κ2) is 5.22. The normalized spacial score (nSPS) is 9.50. The van der Waals surface area contributed by atoms with Gasteiger partial charge in [-0.15, -0.1) is 0 Å². The van der Waals surface area contributed by atoms with Gasteiger partial charge < -0.3 is 5.32 Å². The van der Waals surface area contributed by atoms with E-state index in [2.05, 4.69) is 11.9 Å². The SMILES string of the molecule is C=C(C)NC(=O)CCc1ccccc1. The van der Waals surface area contributed by atoms with Gasteiger partial charge in [-0.1, -0.05) is 36.9 Å². The van der Waals surface area contributed by atoms with E-state index in [1.165, 1.54) is 5.56 Å². The molecule has 2 nitrogen and oxygen atoms in total. The quantitative estimate of drug-likeness (QED) is 0.773. The molecule has 2 heteroatoms. The Kier molecular flexibility index (Phi) is 3.92. The Morgan fingerprint density at radius 3 is 2.57 bits per heavy atom. The molecule has 1 amide bonds. The van der Waals surface area contributed by atoms with Crippen LogP contribution in [0.1, 0.15) is 18.9 Å². The van der Waals surface area contributed by atoms with Crippen molar-refractivity contribution in [2.45, 2.75) is 19.8 Å². The van der Waals surface area contributed by atoms with Crippen molar-refractivity contribution in [1.82, 2.24) is 5.32 Å². The van der Waals surface area contributed by atoms with Crippen LogP contribution in [0.2, 0.25) is 0 Å². The molecule has 1 aromatic rings. The Balaban J connectivity index is 2.34. The van der Waals surface area contributed by atoms with Crippen LogP contribution in [-0.2, 0) is 11.2 Å². The molecule has 0 saturated heterocycles. The molecule has 0 aromatic heterocycles. The molecule has 1 N–H and O–H groups in total. The zero-order valence-electron chi connectivity index (χ0n) is 8.42. The molecule has 0 atom stereocenters. The first-order valence-corrected chi connectivity index (χ1v) is 4.68. The Hall–Kier alpha value is -1.57. The van der Waals surface area contributed by atoms with Gasteiger partial charge in [0.2, 0.25) is 5.91 Å². The van der Waals surface area contributed by atoms with Crippen molar-refractivity contribution in [3.8, 4) is 0 Å². The number of hydrogen-bond donors (Lipinski definition) is 1. The van der Waals surface area contributed by atoms with E-state index >= 15 is 0 Å². The van der Waals surface area contributed by atoms with Crippen molar-refractivity contribution < 1.29 is 4.79 Å². The summed E-state index contributed by atoms with van der Waals surface area (Å²) < 4.78 is 0. The number of aryl methyl sites for hydroxylation is 1. The summed E-state index contributed by atoms with van der Waals surface area (Å²) in [5, 5.41) is 2.68. The summed E-state index contributed by atoms with van der Waals surface area (Å²) >= 11 is 0. The Morgan fingerprint density at radius 1 is 1.36 bits per heavy atom. The van der Waals surface area contributed by atoms with Gasteiger partial charge in [-0.3, -0.25) is 4.79 Å². The maximum atomic E-state index is 11.3. The van der Waals surface area contributed by atoms with E-state index in [-0.39, 0.29) is 5.91 Å². The molecule has 0 unspecified atom stereocenters. The summed E-state index contributed by atoms with van der Waals surface area (Å²) in [5.41, 5.74) is 1.88. The van der Waals surface area contributed by atoms with E-state index in [0.717, 1.165) is 6.42 Å². The fraction of sp³-hybridized carbons (Fsp3) is 0.250. The van der Waals surface area contributed by atoms with Crippen LogP contribution in [0.3, 0.4) is 0 Å². The first-order chi connectivity index (χ1) is 6.68. The van der Waals surface area contributed by atoms with Crippen molar-refractivity contribution in [2.75, 3.05) is 0 Å². The van der Waals surface area contributed by atoms with Gasteiger partial charge in [0, 0.05) is 12.1 Å². The molecule has 0 heterocycles. The molecule has 0 aliphatic carbocycles. The smallest absolute Gasteiger partial charge is 0.224 e. The van der Waals surface area contributed by atoms with Gasteiger partial charge in [0.05, 0.1) is 0 Å². The number of carbonyl (C=O) groups excluding carboxylic acids is 1. The summed E-state index contributed by atoms with van der Waals surface area (Å²) in [7, 11) is 0. The minimum absolute atomic E-state index is 0.0290. The van der Waals surface area contributed by atoms with Crippen molar-refractivity contribution in [2.24, 2.45) is 0 Å². The predicted molar refractivity (Wildman–Crippen MR) is 57.7 cm³/mol. The molecule has 1 rings (SSSR count). The fourth-order valence-corrected chi connectivity index (χ4v) is 1.20. The van der Waals surface area contributed by atoms with E-state index in [4.69, 9.17) is 0 Å². The second-order valence-corrected chi connectivity index (χ2v) is 3.31. The summed E-state index contributed by atoms with van der Waals surface area (Å²) in [6.45, 7) is 5.40. The van der Waals surface area contributed by atoms with Crippen LogP contribution in [0.4, 0.5) is 0 Å². The lowest BCUT2D eigenvalue weighted by Crippen LogP contribution is -2.20. The van der Waals surface area contributed by atoms with Gasteiger partial charge in [-0.25, -0.2) is 0 Å². The minimum atomic E-state index is 0.0290. The van der Waals surface area contributed by atoms with Crippen molar-refractivity contribution in [1.29, 1.82) is 0 Å². The van der Waals surface area contributed by atoms with Crippen molar-refractivity contribution in [3.63, 3.8) is 0 Å². The lowest BCUT2D eigenvalue weighted by Gasteiger charge is -2.03. The molecule has 0 saturated carbocycles. The summed E-state index contributed by atoms with van der Waals surface area (Å²) in [6.07, 6.45) is 1.29. The molecule has 74 valence electrons. The van der Waals surface area contributed by atoms with Gasteiger partial charge in [0.25, 0.3) is 0 Å². The molecule has 0 aliphatic heterocycles. The number of amides is 1. The summed E-state index contributed by atoms with van der Waals surface area (Å²) in [4.78, 5) is 11.3. The Morgan fingerprint density at radius 2 is 2.00 bits per heavy atom. The van der Waals surface area contributed by atoms with E-state index in [9.17, 15) is 4.79 Å². The summed E-state index contributed by atoms with van der Waals surface area (Å²) in [5.74, 6) is 0.0290. The highest BCUT2D eigenvalue weighted by molar-refractivity contribution is 5.77. The van der Waals surface area contributed by atoms with E-state index in [1.807, 2.05) is 30.3 Å². The molecule has 1 aromatic carbocycles. The third-order valence-corrected chi connectivity index (χ3v) is 1.84. The average Bonchev–Trinajstić information content (AvgIpc) is 2.15. The molecule has 14 heavy (non-hydrogen) atoms. The highest BCUT2D eigenvalue weighted by atomic mass is 16.1. The van der Waals surface area contributed by atoms with Crippen LogP contribution >= 0.6 is 0 Å². The Labute approximate surface area is 84.6 Å². The molecule has 0 spiro atoms. The number of benzene rings is 1. The van der Waals surface area contributed by atoms with Crippen LogP contribution in [0.5, 0.6) is 0 Å². The highest BCUT2D eigenvalue weighted by Crippen LogP contribution is 2.02. The number of carbonyl (C=O) groups is 1. The largest absolute Gasteiger partial charge is 0.331 e. The number of nitrogens with one attached hydrogen (secondary N) is 1. The molecule has 0 bridgehead atoms. The van der Waals surface area contributed by atoms with Gasteiger partial charge in [0.15, 0.2) is 0 Å². The number of allylic oxidation sites excluding steroid dienone is 1. The van der Waals surface area contributed by atoms with Crippen molar-refractivity contribution in [3.05, 3.63) is 48.2 Å². The predicted octanol–water partition coefficient (Wildman–Crippen LogP) is 2.27. The van der Waals surface area contributed by atoms with Crippen LogP contribution in [-0.4, -0.2) is 5.91 Å². The zero-order valence-corrected chi connectivity index (χ0v) is 8.42. The first-order valence-electron chi connectivity index (χ1n) is 4.68.